The molecule has 0 bridgehead atoms. The van der Waals surface area contributed by atoms with Crippen molar-refractivity contribution >= 4 is 27.7 Å². The van der Waals surface area contributed by atoms with Gasteiger partial charge in [-0.2, -0.15) is 8.42 Å². The maximum absolute atomic E-state index is 10.4. The Hall–Kier alpha value is -1.84. The molecule has 1 aromatic carbocycles. The number of aromatic carboxylic acids is 1. The molecule has 0 heterocycles. The molecule has 0 aromatic heterocycles. The van der Waals surface area contributed by atoms with E-state index in [9.17, 15) is 4.79 Å². The molecule has 1 rings (SSSR count). The van der Waals surface area contributed by atoms with Crippen LogP contribution in [-0.2, 0) is 10.4 Å². The van der Waals surface area contributed by atoms with Gasteiger partial charge in [-0.25, -0.2) is 4.79 Å². The minimum absolute atomic E-state index is 0.113. The fraction of sp³-hybridized carbons (Fsp3) is 0. The Bertz CT molecular complexity index is 455. The lowest BCUT2D eigenvalue weighted by Gasteiger charge is -1.98. The Morgan fingerprint density at radius 2 is 1.38 bits per heavy atom. The summed E-state index contributed by atoms with van der Waals surface area (Å²) >= 11 is 0. The smallest absolute Gasteiger partial charge is 0.394 e. The van der Waals surface area contributed by atoms with E-state index >= 15 is 0 Å². The third kappa shape index (κ3) is 7.55. The van der Waals surface area contributed by atoms with Gasteiger partial charge < -0.3 is 16.6 Å². The lowest BCUT2D eigenvalue weighted by atomic mass is 10.2. The summed E-state index contributed by atoms with van der Waals surface area (Å²) in [6.45, 7) is 0. The fourth-order valence-electron chi connectivity index (χ4n) is 0.800. The first-order valence-electron chi connectivity index (χ1n) is 3.69. The summed E-state index contributed by atoms with van der Waals surface area (Å²) in [5.74, 6) is -1.02. The van der Waals surface area contributed by atoms with Gasteiger partial charge in [0.05, 0.1) is 5.56 Å². The first-order valence-corrected chi connectivity index (χ1v) is 5.08. The number of carboxylic acid groups (broad SMARTS) is 1. The molecule has 8 nitrogen and oxygen atoms in total. The number of rotatable bonds is 1. The quantitative estimate of drug-likeness (QED) is 0.340. The second-order valence-electron chi connectivity index (χ2n) is 2.64. The van der Waals surface area contributed by atoms with Crippen LogP contribution >= 0.6 is 0 Å². The highest BCUT2D eigenvalue weighted by molar-refractivity contribution is 7.79. The van der Waals surface area contributed by atoms with Crippen LogP contribution in [0.25, 0.3) is 0 Å². The Morgan fingerprint density at radius 3 is 1.62 bits per heavy atom. The normalized spacial score (nSPS) is 10.1. The lowest BCUT2D eigenvalue weighted by Crippen LogP contribution is -1.99. The highest BCUT2D eigenvalue weighted by Crippen LogP contribution is 2.12. The molecular formula is C7H10N2O6S. The molecule has 7 N–H and O–H groups in total. The van der Waals surface area contributed by atoms with E-state index in [1.54, 1.807) is 0 Å². The summed E-state index contributed by atoms with van der Waals surface area (Å²) < 4.78 is 31.6. The predicted molar refractivity (Wildman–Crippen MR) is 56.4 cm³/mol. The van der Waals surface area contributed by atoms with E-state index in [1.807, 2.05) is 0 Å². The third-order valence-corrected chi connectivity index (χ3v) is 1.22. The van der Waals surface area contributed by atoms with Crippen LogP contribution in [0.5, 0.6) is 0 Å². The van der Waals surface area contributed by atoms with Crippen molar-refractivity contribution in [3.63, 3.8) is 0 Å². The zero-order valence-electron chi connectivity index (χ0n) is 7.86. The summed E-state index contributed by atoms with van der Waals surface area (Å²) in [5, 5.41) is 8.52. The molecule has 9 heteroatoms. The maximum atomic E-state index is 10.4. The zero-order chi connectivity index (χ0) is 12.9. The van der Waals surface area contributed by atoms with Crippen LogP contribution in [0.4, 0.5) is 11.4 Å². The SMILES string of the molecule is Nc1cc(N)cc(C(=O)O)c1.O=S(=O)(O)O. The van der Waals surface area contributed by atoms with Crippen molar-refractivity contribution in [2.45, 2.75) is 0 Å². The fourth-order valence-corrected chi connectivity index (χ4v) is 0.800. The van der Waals surface area contributed by atoms with Crippen LogP contribution in [0, 0.1) is 0 Å². The third-order valence-electron chi connectivity index (χ3n) is 1.22. The van der Waals surface area contributed by atoms with Crippen molar-refractivity contribution < 1.29 is 27.4 Å². The van der Waals surface area contributed by atoms with Crippen LogP contribution in [0.3, 0.4) is 0 Å². The molecule has 16 heavy (non-hydrogen) atoms. The molecule has 0 aliphatic heterocycles. The average Bonchev–Trinajstić information content (AvgIpc) is 1.98. The molecule has 0 aliphatic rings. The van der Waals surface area contributed by atoms with Crippen LogP contribution in [-0.4, -0.2) is 28.6 Å². The van der Waals surface area contributed by atoms with Crippen molar-refractivity contribution in [3.8, 4) is 0 Å². The van der Waals surface area contributed by atoms with Crippen molar-refractivity contribution in [1.29, 1.82) is 0 Å². The Labute approximate surface area is 91.1 Å². The number of hydrogen-bond acceptors (Lipinski definition) is 5. The number of nitrogen functional groups attached to an aromatic ring is 2. The van der Waals surface area contributed by atoms with Crippen molar-refractivity contribution in [2.24, 2.45) is 0 Å². The minimum Gasteiger partial charge on any atom is -0.478 e. The van der Waals surface area contributed by atoms with E-state index in [-0.39, 0.29) is 5.56 Å². The molecule has 0 fully saturated rings. The molecular weight excluding hydrogens is 240 g/mol. The molecule has 0 saturated heterocycles. The standard InChI is InChI=1S/C7H8N2O2.H2O4S/c8-5-1-4(7(10)11)2-6(9)3-5;1-5(2,3)4/h1-3H,8-9H2,(H,10,11);(H2,1,2,3,4). The number of benzene rings is 1. The average molecular weight is 250 g/mol. The second kappa shape index (κ2) is 5.30. The molecule has 0 saturated carbocycles. The summed E-state index contributed by atoms with van der Waals surface area (Å²) in [6.07, 6.45) is 0. The molecule has 1 aromatic rings. The first-order chi connectivity index (χ1) is 7.09. The van der Waals surface area contributed by atoms with Gasteiger partial charge in [-0.15, -0.1) is 0 Å². The van der Waals surface area contributed by atoms with Gasteiger partial charge in [0, 0.05) is 11.4 Å². The molecule has 0 spiro atoms. The highest BCUT2D eigenvalue weighted by atomic mass is 32.3. The monoisotopic (exact) mass is 250 g/mol. The minimum atomic E-state index is -4.67. The number of hydrogen-bond donors (Lipinski definition) is 5. The van der Waals surface area contributed by atoms with Gasteiger partial charge in [-0.1, -0.05) is 0 Å². The largest absolute Gasteiger partial charge is 0.478 e. The van der Waals surface area contributed by atoms with Gasteiger partial charge in [0.15, 0.2) is 0 Å². The summed E-state index contributed by atoms with van der Waals surface area (Å²) in [6, 6.07) is 4.23. The molecule has 90 valence electrons. The predicted octanol–water partition coefficient (Wildman–Crippen LogP) is -0.104. The molecule has 0 atom stereocenters. The molecule has 0 unspecified atom stereocenters. The number of carboxylic acids is 1. The van der Waals surface area contributed by atoms with Gasteiger partial charge in [0.1, 0.15) is 0 Å². The summed E-state index contributed by atoms with van der Waals surface area (Å²) in [7, 11) is -4.67. The maximum Gasteiger partial charge on any atom is 0.394 e. The summed E-state index contributed by atoms with van der Waals surface area (Å²) in [4.78, 5) is 10.4. The Morgan fingerprint density at radius 1 is 1.06 bits per heavy atom. The van der Waals surface area contributed by atoms with Crippen molar-refractivity contribution in [1.82, 2.24) is 0 Å². The van der Waals surface area contributed by atoms with E-state index in [1.165, 1.54) is 18.2 Å². The van der Waals surface area contributed by atoms with E-state index in [0.29, 0.717) is 11.4 Å². The lowest BCUT2D eigenvalue weighted by molar-refractivity contribution is 0.0697. The number of anilines is 2. The van der Waals surface area contributed by atoms with Crippen molar-refractivity contribution in [3.05, 3.63) is 23.8 Å². The van der Waals surface area contributed by atoms with Gasteiger partial charge in [0.2, 0.25) is 0 Å². The van der Waals surface area contributed by atoms with Crippen LogP contribution < -0.4 is 11.5 Å². The Balaban J connectivity index is 0.000000385. The van der Waals surface area contributed by atoms with Gasteiger partial charge in [-0.3, -0.25) is 9.11 Å². The highest BCUT2D eigenvalue weighted by Gasteiger charge is 2.02. The first kappa shape index (κ1) is 14.2. The zero-order valence-corrected chi connectivity index (χ0v) is 8.68. The van der Waals surface area contributed by atoms with Crippen LogP contribution in [0.2, 0.25) is 0 Å². The van der Waals surface area contributed by atoms with Crippen LogP contribution in [0.1, 0.15) is 10.4 Å². The van der Waals surface area contributed by atoms with E-state index in [2.05, 4.69) is 0 Å². The van der Waals surface area contributed by atoms with E-state index in [0.717, 1.165) is 0 Å². The van der Waals surface area contributed by atoms with Gasteiger partial charge in [-0.05, 0) is 18.2 Å². The van der Waals surface area contributed by atoms with Gasteiger partial charge >= 0.3 is 16.4 Å². The number of carbonyl (C=O) groups is 1. The van der Waals surface area contributed by atoms with Gasteiger partial charge in [0.25, 0.3) is 0 Å². The van der Waals surface area contributed by atoms with E-state index < -0.39 is 16.4 Å². The molecule has 0 radical (unpaired) electrons. The summed E-state index contributed by atoms with van der Waals surface area (Å²) in [5.41, 5.74) is 11.5. The van der Waals surface area contributed by atoms with E-state index in [4.69, 9.17) is 34.1 Å². The number of nitrogens with two attached hydrogens (primary N) is 2. The Kier molecular flexibility index (Phi) is 4.69. The topological polar surface area (TPSA) is 164 Å². The molecule has 0 amide bonds. The van der Waals surface area contributed by atoms with Crippen LogP contribution in [0.15, 0.2) is 18.2 Å². The molecule has 0 aliphatic carbocycles. The van der Waals surface area contributed by atoms with Crippen molar-refractivity contribution in [2.75, 3.05) is 11.5 Å². The second-order valence-corrected chi connectivity index (χ2v) is 3.54.